The molecule has 11 heteroatoms. The highest BCUT2D eigenvalue weighted by atomic mass is 35.5. The Morgan fingerprint density at radius 3 is 2.41 bits per heavy atom. The normalized spacial score (nSPS) is 12.1. The average Bonchev–Trinajstić information content (AvgIpc) is 2.85. The summed E-state index contributed by atoms with van der Waals surface area (Å²) in [4.78, 5) is 27.9. The van der Waals surface area contributed by atoms with E-state index in [0.29, 0.717) is 40.0 Å². The second kappa shape index (κ2) is 14.4. The molecule has 2 rings (SSSR count). The van der Waals surface area contributed by atoms with Gasteiger partial charge in [0.15, 0.2) is 0 Å². The Morgan fingerprint density at radius 1 is 1.11 bits per heavy atom. The van der Waals surface area contributed by atoms with E-state index in [1.807, 2.05) is 13.8 Å². The van der Waals surface area contributed by atoms with Crippen molar-refractivity contribution in [2.75, 3.05) is 30.8 Å². The minimum atomic E-state index is -3.64. The fourth-order valence-electron chi connectivity index (χ4n) is 3.94. The van der Waals surface area contributed by atoms with E-state index in [0.717, 1.165) is 12.7 Å². The SMILES string of the molecule is CCCNC(=O)[C@@H](CC)N(Cc1ccc(Cl)cc1Cl)C(=O)CCCN(c1ccccc1OC)S(C)(=O)=O. The van der Waals surface area contributed by atoms with Gasteiger partial charge in [-0.05, 0) is 49.1 Å². The molecule has 0 radical (unpaired) electrons. The number of hydrogen-bond acceptors (Lipinski definition) is 5. The number of nitrogens with zero attached hydrogens (tertiary/aromatic N) is 2. The number of nitrogens with one attached hydrogen (secondary N) is 1. The van der Waals surface area contributed by atoms with Crippen molar-refractivity contribution in [3.8, 4) is 5.75 Å². The van der Waals surface area contributed by atoms with Crippen LogP contribution in [0.4, 0.5) is 5.69 Å². The van der Waals surface area contributed by atoms with E-state index in [9.17, 15) is 18.0 Å². The zero-order valence-corrected chi connectivity index (χ0v) is 24.0. The predicted octanol–water partition coefficient (Wildman–Crippen LogP) is 4.88. The molecule has 0 unspecified atom stereocenters. The zero-order chi connectivity index (χ0) is 27.6. The maximum atomic E-state index is 13.5. The molecule has 0 fully saturated rings. The molecule has 0 aromatic heterocycles. The average molecular weight is 573 g/mol. The maximum Gasteiger partial charge on any atom is 0.242 e. The Balaban J connectivity index is 2.27. The fraction of sp³-hybridized carbons (Fsp3) is 0.462. The molecular formula is C26H35Cl2N3O5S. The predicted molar refractivity (Wildman–Crippen MR) is 149 cm³/mol. The molecule has 1 N–H and O–H groups in total. The molecule has 37 heavy (non-hydrogen) atoms. The van der Waals surface area contributed by atoms with Gasteiger partial charge in [0.05, 0.1) is 19.1 Å². The molecule has 0 aliphatic carbocycles. The number of sulfonamides is 1. The number of ether oxygens (including phenoxy) is 1. The lowest BCUT2D eigenvalue weighted by Gasteiger charge is -2.31. The van der Waals surface area contributed by atoms with Crippen molar-refractivity contribution in [1.82, 2.24) is 10.2 Å². The molecule has 0 aliphatic heterocycles. The summed E-state index contributed by atoms with van der Waals surface area (Å²) in [6.07, 6.45) is 2.56. The van der Waals surface area contributed by atoms with E-state index in [1.165, 1.54) is 16.3 Å². The fourth-order valence-corrected chi connectivity index (χ4v) is 5.37. The van der Waals surface area contributed by atoms with Gasteiger partial charge in [0.1, 0.15) is 11.8 Å². The van der Waals surface area contributed by atoms with Crippen LogP contribution in [-0.4, -0.2) is 57.6 Å². The Bertz CT molecular complexity index is 1180. The summed E-state index contributed by atoms with van der Waals surface area (Å²) in [5, 5.41) is 3.73. The summed E-state index contributed by atoms with van der Waals surface area (Å²) in [7, 11) is -2.17. The first-order chi connectivity index (χ1) is 17.5. The number of para-hydroxylation sites is 2. The van der Waals surface area contributed by atoms with Crippen LogP contribution in [0.25, 0.3) is 0 Å². The summed E-state index contributed by atoms with van der Waals surface area (Å²) in [5.74, 6) is -0.107. The molecule has 0 heterocycles. The number of anilines is 1. The summed E-state index contributed by atoms with van der Waals surface area (Å²) < 4.78 is 31.7. The van der Waals surface area contributed by atoms with Crippen molar-refractivity contribution < 1.29 is 22.7 Å². The molecule has 1 atom stereocenters. The van der Waals surface area contributed by atoms with Gasteiger partial charge in [0.2, 0.25) is 21.8 Å². The molecule has 2 amide bonds. The third-order valence-corrected chi connectivity index (χ3v) is 7.56. The number of benzene rings is 2. The van der Waals surface area contributed by atoms with E-state index < -0.39 is 16.1 Å². The molecule has 0 saturated heterocycles. The van der Waals surface area contributed by atoms with Crippen molar-refractivity contribution in [1.29, 1.82) is 0 Å². The van der Waals surface area contributed by atoms with E-state index in [-0.39, 0.29) is 37.7 Å². The van der Waals surface area contributed by atoms with Gasteiger partial charge in [-0.15, -0.1) is 0 Å². The Labute approximate surface area is 229 Å². The van der Waals surface area contributed by atoms with E-state index in [4.69, 9.17) is 27.9 Å². The topological polar surface area (TPSA) is 96.0 Å². The van der Waals surface area contributed by atoms with Gasteiger partial charge in [-0.2, -0.15) is 0 Å². The van der Waals surface area contributed by atoms with Crippen LogP contribution in [-0.2, 0) is 26.2 Å². The number of rotatable bonds is 14. The second-order valence-corrected chi connectivity index (χ2v) is 11.3. The van der Waals surface area contributed by atoms with Crippen molar-refractivity contribution in [2.24, 2.45) is 0 Å². The smallest absolute Gasteiger partial charge is 0.242 e. The highest BCUT2D eigenvalue weighted by molar-refractivity contribution is 7.92. The summed E-state index contributed by atoms with van der Waals surface area (Å²) >= 11 is 12.4. The zero-order valence-electron chi connectivity index (χ0n) is 21.7. The Morgan fingerprint density at radius 2 is 1.81 bits per heavy atom. The van der Waals surface area contributed by atoms with Crippen LogP contribution in [0.15, 0.2) is 42.5 Å². The van der Waals surface area contributed by atoms with Crippen LogP contribution in [0.2, 0.25) is 10.0 Å². The third kappa shape index (κ3) is 8.79. The molecule has 2 aromatic rings. The molecule has 0 aliphatic rings. The van der Waals surface area contributed by atoms with Crippen LogP contribution in [0, 0.1) is 0 Å². The largest absolute Gasteiger partial charge is 0.495 e. The number of carbonyl (C=O) groups excluding carboxylic acids is 2. The van der Waals surface area contributed by atoms with Crippen molar-refractivity contribution in [3.05, 3.63) is 58.1 Å². The van der Waals surface area contributed by atoms with Gasteiger partial charge < -0.3 is 15.0 Å². The minimum absolute atomic E-state index is 0.0317. The van der Waals surface area contributed by atoms with Crippen molar-refractivity contribution >= 4 is 50.7 Å². The monoisotopic (exact) mass is 571 g/mol. The minimum Gasteiger partial charge on any atom is -0.495 e. The number of methoxy groups -OCH3 is 1. The van der Waals surface area contributed by atoms with Gasteiger partial charge in [-0.25, -0.2) is 8.42 Å². The molecule has 0 spiro atoms. The Hall–Kier alpha value is -2.49. The standard InChI is InChI=1S/C26H35Cl2N3O5S/c1-5-15-29-26(33)22(6-2)30(18-19-13-14-20(27)17-21(19)28)25(32)12-9-16-31(37(4,34)35)23-10-7-8-11-24(23)36-3/h7-8,10-11,13-14,17,22H,5-6,9,12,15-16,18H2,1-4H3,(H,29,33)/t22-/m1/s1. The molecule has 2 aromatic carbocycles. The number of hydrogen-bond donors (Lipinski definition) is 1. The molecule has 8 nitrogen and oxygen atoms in total. The summed E-state index contributed by atoms with van der Waals surface area (Å²) in [6.45, 7) is 4.48. The lowest BCUT2D eigenvalue weighted by Crippen LogP contribution is -2.49. The van der Waals surface area contributed by atoms with Gasteiger partial charge in [-0.1, -0.05) is 55.2 Å². The quantitative estimate of drug-likeness (QED) is 0.348. The van der Waals surface area contributed by atoms with Gasteiger partial charge in [-0.3, -0.25) is 13.9 Å². The van der Waals surface area contributed by atoms with Gasteiger partial charge in [0, 0.05) is 36.1 Å². The van der Waals surface area contributed by atoms with Crippen LogP contribution in [0.3, 0.4) is 0 Å². The van der Waals surface area contributed by atoms with E-state index >= 15 is 0 Å². The number of carbonyl (C=O) groups is 2. The number of halogens is 2. The number of amides is 2. The summed E-state index contributed by atoms with van der Waals surface area (Å²) in [6, 6.07) is 11.1. The van der Waals surface area contributed by atoms with Crippen molar-refractivity contribution in [2.45, 2.75) is 52.1 Å². The summed E-state index contributed by atoms with van der Waals surface area (Å²) in [5.41, 5.74) is 1.06. The third-order valence-electron chi connectivity index (χ3n) is 5.80. The maximum absolute atomic E-state index is 13.5. The first-order valence-electron chi connectivity index (χ1n) is 12.1. The van der Waals surface area contributed by atoms with E-state index in [2.05, 4.69) is 5.32 Å². The lowest BCUT2D eigenvalue weighted by atomic mass is 10.1. The van der Waals surface area contributed by atoms with Crippen LogP contribution in [0.5, 0.6) is 5.75 Å². The van der Waals surface area contributed by atoms with Crippen LogP contribution < -0.4 is 14.4 Å². The first-order valence-corrected chi connectivity index (χ1v) is 14.8. The van der Waals surface area contributed by atoms with Crippen LogP contribution in [0.1, 0.15) is 45.1 Å². The van der Waals surface area contributed by atoms with E-state index in [1.54, 1.807) is 42.5 Å². The highest BCUT2D eigenvalue weighted by Crippen LogP contribution is 2.30. The van der Waals surface area contributed by atoms with Crippen molar-refractivity contribution in [3.63, 3.8) is 0 Å². The molecule has 0 bridgehead atoms. The molecular weight excluding hydrogens is 537 g/mol. The molecule has 0 saturated carbocycles. The second-order valence-electron chi connectivity index (χ2n) is 8.58. The lowest BCUT2D eigenvalue weighted by molar-refractivity contribution is -0.141. The van der Waals surface area contributed by atoms with Gasteiger partial charge >= 0.3 is 0 Å². The Kier molecular flexibility index (Phi) is 12.0. The first kappa shape index (κ1) is 30.7. The van der Waals surface area contributed by atoms with Crippen LogP contribution >= 0.6 is 23.2 Å². The molecule has 204 valence electrons. The highest BCUT2D eigenvalue weighted by Gasteiger charge is 2.29. The van der Waals surface area contributed by atoms with Gasteiger partial charge in [0.25, 0.3) is 0 Å².